The molecule has 0 aromatic heterocycles. The fraction of sp³-hybridized carbons (Fsp3) is 1.00. The van der Waals surface area contributed by atoms with E-state index in [1.807, 2.05) is 0 Å². The Morgan fingerprint density at radius 2 is 1.27 bits per heavy atom. The van der Waals surface area contributed by atoms with Crippen LogP contribution in [0.5, 0.6) is 0 Å². The molecule has 0 amide bonds. The van der Waals surface area contributed by atoms with Crippen molar-refractivity contribution in [1.29, 1.82) is 0 Å². The molecule has 1 nitrogen and oxygen atoms in total. The van der Waals surface area contributed by atoms with E-state index in [-0.39, 0.29) is 0 Å². The number of rotatable bonds is 2. The van der Waals surface area contributed by atoms with Crippen molar-refractivity contribution in [2.75, 3.05) is 13.7 Å². The summed E-state index contributed by atoms with van der Waals surface area (Å²) in [6, 6.07) is 0. The van der Waals surface area contributed by atoms with Crippen molar-refractivity contribution in [2.24, 2.45) is 16.7 Å². The third-order valence-electron chi connectivity index (χ3n) is 2.79. The summed E-state index contributed by atoms with van der Waals surface area (Å²) in [5, 5.41) is 0. The van der Waals surface area contributed by atoms with Crippen molar-refractivity contribution < 1.29 is 4.74 Å². The van der Waals surface area contributed by atoms with Crippen molar-refractivity contribution in [1.82, 2.24) is 0 Å². The fourth-order valence-electron chi connectivity index (χ4n) is 0.408. The number of ether oxygens (including phenoxy) is 1. The van der Waals surface area contributed by atoms with Gasteiger partial charge in [0.25, 0.3) is 0 Å². The molecular formula is C14H32O. The van der Waals surface area contributed by atoms with E-state index in [2.05, 4.69) is 55.4 Å². The Bertz CT molecular complexity index is 134. The first-order valence-corrected chi connectivity index (χ1v) is 5.99. The summed E-state index contributed by atoms with van der Waals surface area (Å²) in [4.78, 5) is 0. The molecule has 0 aliphatic carbocycles. The first kappa shape index (κ1) is 17.4. The second-order valence-corrected chi connectivity index (χ2v) is 6.82. The average molecular weight is 216 g/mol. The van der Waals surface area contributed by atoms with Crippen molar-refractivity contribution in [3.63, 3.8) is 0 Å². The molecule has 94 valence electrons. The van der Waals surface area contributed by atoms with Gasteiger partial charge in [-0.15, -0.1) is 0 Å². The van der Waals surface area contributed by atoms with E-state index < -0.39 is 0 Å². The van der Waals surface area contributed by atoms with Gasteiger partial charge in [-0.2, -0.15) is 0 Å². The zero-order valence-corrected chi connectivity index (χ0v) is 12.4. The smallest absolute Gasteiger partial charge is 0.0467 e. The lowest BCUT2D eigenvalue weighted by molar-refractivity contribution is 0.159. The Labute approximate surface area is 97.6 Å². The highest BCUT2D eigenvalue weighted by Crippen LogP contribution is 2.23. The minimum absolute atomic E-state index is 0.427. The van der Waals surface area contributed by atoms with Crippen molar-refractivity contribution in [3.05, 3.63) is 0 Å². The summed E-state index contributed by atoms with van der Waals surface area (Å²) in [7, 11) is 1.74. The van der Waals surface area contributed by atoms with Gasteiger partial charge >= 0.3 is 0 Å². The van der Waals surface area contributed by atoms with E-state index in [1.165, 1.54) is 0 Å². The number of hydrogen-bond donors (Lipinski definition) is 0. The third kappa shape index (κ3) is 16.6. The summed E-state index contributed by atoms with van der Waals surface area (Å²) in [5.74, 6) is 0.799. The molecule has 0 aromatic carbocycles. The standard InChI is InChI=1S/C7H16O.C7H16/c1-7(2,3)5-6-8-4;1-6(2)7(3,4)5/h5-6H2,1-4H3;6H,1-5H3. The van der Waals surface area contributed by atoms with E-state index in [4.69, 9.17) is 4.74 Å². The van der Waals surface area contributed by atoms with Crippen LogP contribution < -0.4 is 0 Å². The van der Waals surface area contributed by atoms with Gasteiger partial charge in [0.15, 0.2) is 0 Å². The molecule has 0 aliphatic rings. The van der Waals surface area contributed by atoms with Crippen LogP contribution in [0.15, 0.2) is 0 Å². The molecule has 15 heavy (non-hydrogen) atoms. The van der Waals surface area contributed by atoms with Gasteiger partial charge in [-0.25, -0.2) is 0 Å². The lowest BCUT2D eigenvalue weighted by atomic mass is 9.84. The van der Waals surface area contributed by atoms with Gasteiger partial charge in [-0.1, -0.05) is 55.4 Å². The Hall–Kier alpha value is -0.0400. The second kappa shape index (κ2) is 7.27. The maximum atomic E-state index is 4.92. The highest BCUT2D eigenvalue weighted by molar-refractivity contribution is 4.64. The van der Waals surface area contributed by atoms with Gasteiger partial charge in [0.2, 0.25) is 0 Å². The summed E-state index contributed by atoms with van der Waals surface area (Å²) < 4.78 is 4.92. The third-order valence-corrected chi connectivity index (χ3v) is 2.79. The molecule has 0 bridgehead atoms. The van der Waals surface area contributed by atoms with E-state index in [1.54, 1.807) is 7.11 Å². The SMILES string of the molecule is CC(C)C(C)(C)C.COCCC(C)(C)C. The molecule has 0 aliphatic heterocycles. The summed E-state index contributed by atoms with van der Waals surface area (Å²) in [6.07, 6.45) is 1.14. The summed E-state index contributed by atoms with van der Waals surface area (Å²) in [6.45, 7) is 18.8. The Morgan fingerprint density at radius 1 is 0.933 bits per heavy atom. The maximum absolute atomic E-state index is 4.92. The monoisotopic (exact) mass is 216 g/mol. The predicted molar refractivity (Wildman–Crippen MR) is 70.2 cm³/mol. The molecule has 0 saturated heterocycles. The van der Waals surface area contributed by atoms with Gasteiger partial charge in [-0.3, -0.25) is 0 Å². The van der Waals surface area contributed by atoms with Crippen LogP contribution in [0.1, 0.15) is 61.8 Å². The largest absolute Gasteiger partial charge is 0.385 e. The molecule has 0 rings (SSSR count). The highest BCUT2D eigenvalue weighted by atomic mass is 16.5. The molecule has 0 saturated carbocycles. The van der Waals surface area contributed by atoms with Crippen LogP contribution >= 0.6 is 0 Å². The molecule has 0 N–H and O–H groups in total. The second-order valence-electron chi connectivity index (χ2n) is 6.82. The van der Waals surface area contributed by atoms with Gasteiger partial charge < -0.3 is 4.74 Å². The topological polar surface area (TPSA) is 9.23 Å². The van der Waals surface area contributed by atoms with Crippen molar-refractivity contribution in [2.45, 2.75) is 61.8 Å². The van der Waals surface area contributed by atoms with Gasteiger partial charge in [0.05, 0.1) is 0 Å². The van der Waals surface area contributed by atoms with Crippen LogP contribution in [0.2, 0.25) is 0 Å². The van der Waals surface area contributed by atoms with Crippen LogP contribution in [0.4, 0.5) is 0 Å². The molecule has 0 aromatic rings. The number of hydrogen-bond acceptors (Lipinski definition) is 1. The Morgan fingerprint density at radius 3 is 1.33 bits per heavy atom. The van der Waals surface area contributed by atoms with Crippen LogP contribution in [0.3, 0.4) is 0 Å². The van der Waals surface area contributed by atoms with Gasteiger partial charge in [0, 0.05) is 13.7 Å². The molecule has 1 heteroatoms. The maximum Gasteiger partial charge on any atom is 0.0467 e. The van der Waals surface area contributed by atoms with Crippen LogP contribution in [0, 0.1) is 16.7 Å². The lowest BCUT2D eigenvalue weighted by Gasteiger charge is -2.22. The Kier molecular flexibility index (Phi) is 8.41. The summed E-state index contributed by atoms with van der Waals surface area (Å²) >= 11 is 0. The minimum atomic E-state index is 0.427. The normalized spacial score (nSPS) is 12.4. The molecule has 0 radical (unpaired) electrons. The molecule has 0 atom stereocenters. The lowest BCUT2D eigenvalue weighted by Crippen LogP contribution is -2.12. The molecule has 0 unspecified atom stereocenters. The molecular weight excluding hydrogens is 184 g/mol. The molecule has 0 fully saturated rings. The first-order valence-electron chi connectivity index (χ1n) is 5.99. The van der Waals surface area contributed by atoms with Crippen LogP contribution in [-0.2, 0) is 4.74 Å². The summed E-state index contributed by atoms with van der Waals surface area (Å²) in [5.41, 5.74) is 0.927. The zero-order chi connectivity index (χ0) is 12.7. The first-order chi connectivity index (χ1) is 6.50. The quantitative estimate of drug-likeness (QED) is 0.647. The van der Waals surface area contributed by atoms with E-state index in [0.717, 1.165) is 18.9 Å². The minimum Gasteiger partial charge on any atom is -0.385 e. The van der Waals surface area contributed by atoms with Crippen LogP contribution in [-0.4, -0.2) is 13.7 Å². The van der Waals surface area contributed by atoms with Crippen molar-refractivity contribution >= 4 is 0 Å². The van der Waals surface area contributed by atoms with Crippen molar-refractivity contribution in [3.8, 4) is 0 Å². The Balaban J connectivity index is 0. The van der Waals surface area contributed by atoms with Crippen LogP contribution in [0.25, 0.3) is 0 Å². The highest BCUT2D eigenvalue weighted by Gasteiger charge is 2.13. The fourth-order valence-corrected chi connectivity index (χ4v) is 0.408. The number of methoxy groups -OCH3 is 1. The zero-order valence-electron chi connectivity index (χ0n) is 12.4. The average Bonchev–Trinajstić information content (AvgIpc) is 1.98. The van der Waals surface area contributed by atoms with E-state index >= 15 is 0 Å². The molecule has 0 spiro atoms. The van der Waals surface area contributed by atoms with Gasteiger partial charge in [-0.05, 0) is 23.2 Å². The van der Waals surface area contributed by atoms with E-state index in [0.29, 0.717) is 10.8 Å². The molecule has 0 heterocycles. The van der Waals surface area contributed by atoms with Gasteiger partial charge in [0.1, 0.15) is 0 Å². The predicted octanol–water partition coefficient (Wildman–Crippen LogP) is 4.76. The van der Waals surface area contributed by atoms with E-state index in [9.17, 15) is 0 Å².